The number of aliphatic carboxylic acids is 1. The van der Waals surface area contributed by atoms with Crippen molar-refractivity contribution in [2.75, 3.05) is 0 Å². The molecule has 1 unspecified atom stereocenters. The Hall–Kier alpha value is -1.85. The zero-order valence-corrected chi connectivity index (χ0v) is 9.19. The number of rotatable bonds is 5. The van der Waals surface area contributed by atoms with Gasteiger partial charge in [0.05, 0.1) is 6.42 Å². The molecule has 0 saturated carbocycles. The standard InChI is InChI=1S/C10H14N2O4/c1-3-7-5-8(12-16-7)10(15)11-6(2)4-9(13)14/h5-6H,3-4H2,1-2H3,(H,11,15)(H,13,14). The normalized spacial score (nSPS) is 12.1. The third kappa shape index (κ3) is 3.38. The average molecular weight is 226 g/mol. The molecule has 0 spiro atoms. The van der Waals surface area contributed by atoms with Gasteiger partial charge in [-0.2, -0.15) is 0 Å². The summed E-state index contributed by atoms with van der Waals surface area (Å²) >= 11 is 0. The largest absolute Gasteiger partial charge is 0.481 e. The third-order valence-electron chi connectivity index (χ3n) is 2.00. The molecule has 1 aromatic rings. The molecule has 88 valence electrons. The summed E-state index contributed by atoms with van der Waals surface area (Å²) in [6, 6.07) is 1.11. The fraction of sp³-hybridized carbons (Fsp3) is 0.500. The van der Waals surface area contributed by atoms with E-state index in [9.17, 15) is 9.59 Å². The lowest BCUT2D eigenvalue weighted by Crippen LogP contribution is -2.34. The van der Waals surface area contributed by atoms with Crippen LogP contribution < -0.4 is 5.32 Å². The van der Waals surface area contributed by atoms with E-state index in [-0.39, 0.29) is 12.1 Å². The Morgan fingerprint density at radius 2 is 2.31 bits per heavy atom. The van der Waals surface area contributed by atoms with Crippen molar-refractivity contribution in [3.8, 4) is 0 Å². The van der Waals surface area contributed by atoms with Gasteiger partial charge in [-0.3, -0.25) is 9.59 Å². The minimum Gasteiger partial charge on any atom is -0.481 e. The maximum absolute atomic E-state index is 11.5. The van der Waals surface area contributed by atoms with E-state index in [4.69, 9.17) is 9.63 Å². The van der Waals surface area contributed by atoms with Crippen molar-refractivity contribution < 1.29 is 19.2 Å². The summed E-state index contributed by atoms with van der Waals surface area (Å²) in [5, 5.41) is 14.6. The number of nitrogens with zero attached hydrogens (tertiary/aromatic N) is 1. The van der Waals surface area contributed by atoms with E-state index >= 15 is 0 Å². The number of carbonyl (C=O) groups is 2. The first kappa shape index (κ1) is 12.2. The molecule has 16 heavy (non-hydrogen) atoms. The van der Waals surface area contributed by atoms with Crippen LogP contribution in [0.1, 0.15) is 36.5 Å². The highest BCUT2D eigenvalue weighted by atomic mass is 16.5. The maximum Gasteiger partial charge on any atom is 0.305 e. The summed E-state index contributed by atoms with van der Waals surface area (Å²) in [6.45, 7) is 3.50. The molecule has 1 amide bonds. The van der Waals surface area contributed by atoms with Gasteiger partial charge in [-0.15, -0.1) is 0 Å². The topological polar surface area (TPSA) is 92.4 Å². The predicted octanol–water partition coefficient (Wildman–Crippen LogP) is 0.830. The molecule has 0 aliphatic heterocycles. The van der Waals surface area contributed by atoms with E-state index in [0.29, 0.717) is 12.2 Å². The number of nitrogens with one attached hydrogen (secondary N) is 1. The van der Waals surface area contributed by atoms with Gasteiger partial charge >= 0.3 is 5.97 Å². The number of carboxylic acid groups (broad SMARTS) is 1. The van der Waals surface area contributed by atoms with E-state index in [1.807, 2.05) is 6.92 Å². The van der Waals surface area contributed by atoms with Crippen LogP contribution in [0.5, 0.6) is 0 Å². The minimum atomic E-state index is -0.956. The van der Waals surface area contributed by atoms with Gasteiger partial charge in [0.25, 0.3) is 5.91 Å². The smallest absolute Gasteiger partial charge is 0.305 e. The Kier molecular flexibility index (Phi) is 4.04. The highest BCUT2D eigenvalue weighted by Gasteiger charge is 2.15. The van der Waals surface area contributed by atoms with Gasteiger partial charge in [-0.05, 0) is 6.92 Å². The van der Waals surface area contributed by atoms with Crippen molar-refractivity contribution in [3.05, 3.63) is 17.5 Å². The van der Waals surface area contributed by atoms with Gasteiger partial charge in [0.15, 0.2) is 5.69 Å². The number of carbonyl (C=O) groups excluding carboxylic acids is 1. The fourth-order valence-corrected chi connectivity index (χ4v) is 1.20. The van der Waals surface area contributed by atoms with Crippen LogP contribution >= 0.6 is 0 Å². The van der Waals surface area contributed by atoms with E-state index < -0.39 is 17.9 Å². The van der Waals surface area contributed by atoms with Crippen molar-refractivity contribution >= 4 is 11.9 Å². The molecule has 0 fully saturated rings. The van der Waals surface area contributed by atoms with Crippen LogP contribution in [-0.2, 0) is 11.2 Å². The number of hydrogen-bond acceptors (Lipinski definition) is 4. The zero-order valence-electron chi connectivity index (χ0n) is 9.19. The second-order valence-electron chi connectivity index (χ2n) is 3.50. The lowest BCUT2D eigenvalue weighted by Gasteiger charge is -2.09. The Bertz CT molecular complexity index is 386. The highest BCUT2D eigenvalue weighted by Crippen LogP contribution is 2.04. The third-order valence-corrected chi connectivity index (χ3v) is 2.00. The maximum atomic E-state index is 11.5. The van der Waals surface area contributed by atoms with Crippen LogP contribution in [0.15, 0.2) is 10.6 Å². The van der Waals surface area contributed by atoms with Gasteiger partial charge in [0, 0.05) is 18.5 Å². The molecule has 0 aliphatic carbocycles. The summed E-state index contributed by atoms with van der Waals surface area (Å²) in [4.78, 5) is 21.9. The first-order valence-electron chi connectivity index (χ1n) is 5.01. The summed E-state index contributed by atoms with van der Waals surface area (Å²) < 4.78 is 4.87. The second-order valence-corrected chi connectivity index (χ2v) is 3.50. The van der Waals surface area contributed by atoms with Crippen LogP contribution in [0.2, 0.25) is 0 Å². The van der Waals surface area contributed by atoms with Crippen LogP contribution in [0, 0.1) is 0 Å². The average Bonchev–Trinajstić information content (AvgIpc) is 2.64. The van der Waals surface area contributed by atoms with Crippen molar-refractivity contribution in [1.29, 1.82) is 0 Å². The molecule has 2 N–H and O–H groups in total. The minimum absolute atomic E-state index is 0.121. The second kappa shape index (κ2) is 5.29. The molecule has 1 heterocycles. The zero-order chi connectivity index (χ0) is 12.1. The number of aromatic nitrogens is 1. The van der Waals surface area contributed by atoms with E-state index in [0.717, 1.165) is 0 Å². The highest BCUT2D eigenvalue weighted by molar-refractivity contribution is 5.92. The molecular formula is C10H14N2O4. The Balaban J connectivity index is 2.54. The van der Waals surface area contributed by atoms with Gasteiger partial charge in [0.2, 0.25) is 0 Å². The van der Waals surface area contributed by atoms with Crippen LogP contribution in [0.4, 0.5) is 0 Å². The number of hydrogen-bond donors (Lipinski definition) is 2. The molecular weight excluding hydrogens is 212 g/mol. The van der Waals surface area contributed by atoms with E-state index in [1.54, 1.807) is 13.0 Å². The molecule has 6 nitrogen and oxygen atoms in total. The predicted molar refractivity (Wildman–Crippen MR) is 55.1 cm³/mol. The molecule has 1 rings (SSSR count). The SMILES string of the molecule is CCc1cc(C(=O)NC(C)CC(=O)O)no1. The summed E-state index contributed by atoms with van der Waals surface area (Å²) in [7, 11) is 0. The molecule has 1 aromatic heterocycles. The summed E-state index contributed by atoms with van der Waals surface area (Å²) in [6.07, 6.45) is 0.537. The Labute approximate surface area is 92.6 Å². The van der Waals surface area contributed by atoms with Gasteiger partial charge in [-0.1, -0.05) is 12.1 Å². The number of aryl methyl sites for hydroxylation is 1. The lowest BCUT2D eigenvalue weighted by molar-refractivity contribution is -0.137. The first-order chi connectivity index (χ1) is 7.52. The molecule has 1 atom stereocenters. The molecule has 0 saturated heterocycles. The quantitative estimate of drug-likeness (QED) is 0.775. The van der Waals surface area contributed by atoms with Crippen molar-refractivity contribution in [1.82, 2.24) is 10.5 Å². The monoisotopic (exact) mass is 226 g/mol. The Morgan fingerprint density at radius 1 is 1.62 bits per heavy atom. The van der Waals surface area contributed by atoms with E-state index in [1.165, 1.54) is 0 Å². The number of carboxylic acids is 1. The van der Waals surface area contributed by atoms with Gasteiger partial charge in [-0.25, -0.2) is 0 Å². The number of amides is 1. The van der Waals surface area contributed by atoms with Crippen LogP contribution in [-0.4, -0.2) is 28.2 Å². The van der Waals surface area contributed by atoms with Gasteiger partial charge in [0.1, 0.15) is 5.76 Å². The summed E-state index contributed by atoms with van der Waals surface area (Å²) in [5.74, 6) is -0.754. The van der Waals surface area contributed by atoms with E-state index in [2.05, 4.69) is 10.5 Å². The van der Waals surface area contributed by atoms with Gasteiger partial charge < -0.3 is 14.9 Å². The van der Waals surface area contributed by atoms with Crippen LogP contribution in [0.3, 0.4) is 0 Å². The molecule has 0 aromatic carbocycles. The first-order valence-corrected chi connectivity index (χ1v) is 5.01. The lowest BCUT2D eigenvalue weighted by atomic mass is 10.2. The summed E-state index contributed by atoms with van der Waals surface area (Å²) in [5.41, 5.74) is 0.175. The van der Waals surface area contributed by atoms with Crippen LogP contribution in [0.25, 0.3) is 0 Å². The molecule has 0 aliphatic rings. The molecule has 0 bridgehead atoms. The van der Waals surface area contributed by atoms with Crippen molar-refractivity contribution in [2.45, 2.75) is 32.7 Å². The molecule has 0 radical (unpaired) electrons. The Morgan fingerprint density at radius 3 is 2.81 bits per heavy atom. The van der Waals surface area contributed by atoms with Crippen molar-refractivity contribution in [2.24, 2.45) is 0 Å². The van der Waals surface area contributed by atoms with Crippen molar-refractivity contribution in [3.63, 3.8) is 0 Å². The molecule has 6 heteroatoms. The fourth-order valence-electron chi connectivity index (χ4n) is 1.20.